The third-order valence-electron chi connectivity index (χ3n) is 1.62. The third-order valence-corrected chi connectivity index (χ3v) is 3.48. The average molecular weight is 307 g/mol. The van der Waals surface area contributed by atoms with Gasteiger partial charge in [0.1, 0.15) is 5.15 Å². The van der Waals surface area contributed by atoms with Crippen LogP contribution in [0.1, 0.15) is 0 Å². The van der Waals surface area contributed by atoms with Crippen molar-refractivity contribution in [1.82, 2.24) is 14.3 Å². The minimum Gasteiger partial charge on any atom is -0.480 e. The fourth-order valence-corrected chi connectivity index (χ4v) is 1.89. The molecule has 0 aliphatic carbocycles. The number of hydrogen-bond donors (Lipinski definition) is 0. The minimum absolute atomic E-state index is 0.382. The molecule has 2 heterocycles. The smallest absolute Gasteiger partial charge is 0.225 e. The molecule has 0 radical (unpaired) electrons. The number of ether oxygens (including phenoxy) is 1. The summed E-state index contributed by atoms with van der Waals surface area (Å²) in [4.78, 5) is 9.06. The van der Waals surface area contributed by atoms with Crippen molar-refractivity contribution in [3.05, 3.63) is 21.9 Å². The number of hydrogen-bond acceptors (Lipinski definition) is 5. The van der Waals surface area contributed by atoms with Gasteiger partial charge < -0.3 is 4.74 Å². The van der Waals surface area contributed by atoms with Crippen LogP contribution in [0.25, 0.3) is 10.7 Å². The Morgan fingerprint density at radius 1 is 1.53 bits per heavy atom. The first kappa shape index (κ1) is 10.8. The van der Waals surface area contributed by atoms with Gasteiger partial charge >= 0.3 is 0 Å². The van der Waals surface area contributed by atoms with Crippen LogP contribution >= 0.6 is 39.1 Å². The molecule has 2 aromatic rings. The molecule has 0 aliphatic heterocycles. The van der Waals surface area contributed by atoms with Crippen LogP contribution in [-0.4, -0.2) is 21.5 Å². The molecule has 0 aromatic carbocycles. The number of methoxy groups -OCH3 is 1. The van der Waals surface area contributed by atoms with E-state index in [1.54, 1.807) is 19.4 Å². The summed E-state index contributed by atoms with van der Waals surface area (Å²) < 4.78 is 9.69. The van der Waals surface area contributed by atoms with Gasteiger partial charge in [0.05, 0.1) is 16.5 Å². The van der Waals surface area contributed by atoms with Gasteiger partial charge in [-0.05, 0) is 27.5 Å². The van der Waals surface area contributed by atoms with Crippen molar-refractivity contribution in [2.45, 2.75) is 0 Å². The highest BCUT2D eigenvalue weighted by Gasteiger charge is 2.09. The lowest BCUT2D eigenvalue weighted by atomic mass is 10.4. The molecule has 2 rings (SSSR count). The van der Waals surface area contributed by atoms with Crippen LogP contribution in [0.2, 0.25) is 5.15 Å². The van der Waals surface area contributed by atoms with Crippen molar-refractivity contribution < 1.29 is 4.74 Å². The Hall–Kier alpha value is -0.720. The van der Waals surface area contributed by atoms with Gasteiger partial charge in [0.25, 0.3) is 0 Å². The van der Waals surface area contributed by atoms with Crippen molar-refractivity contribution >= 4 is 39.1 Å². The molecule has 0 atom stereocenters. The molecule has 0 fully saturated rings. The summed E-state index contributed by atoms with van der Waals surface area (Å²) in [5.74, 6) is 1.10. The topological polar surface area (TPSA) is 47.9 Å². The maximum atomic E-state index is 5.86. The van der Waals surface area contributed by atoms with E-state index in [1.165, 1.54) is 11.5 Å². The molecule has 7 heteroatoms. The summed E-state index contributed by atoms with van der Waals surface area (Å²) in [5.41, 5.74) is 0. The zero-order chi connectivity index (χ0) is 10.8. The minimum atomic E-state index is 0.382. The molecular weight excluding hydrogens is 302 g/mol. The summed E-state index contributed by atoms with van der Waals surface area (Å²) in [7, 11) is 1.56. The highest BCUT2D eigenvalue weighted by molar-refractivity contribution is 9.10. The van der Waals surface area contributed by atoms with E-state index < -0.39 is 0 Å². The van der Waals surface area contributed by atoms with Crippen molar-refractivity contribution in [2.24, 2.45) is 0 Å². The van der Waals surface area contributed by atoms with Gasteiger partial charge in [0.15, 0.2) is 5.82 Å². The molecule has 0 saturated heterocycles. The monoisotopic (exact) mass is 305 g/mol. The lowest BCUT2D eigenvalue weighted by Gasteiger charge is -1.97. The van der Waals surface area contributed by atoms with E-state index in [-0.39, 0.29) is 0 Å². The fraction of sp³-hybridized carbons (Fsp3) is 0.125. The Bertz CT molecular complexity index is 490. The predicted molar refractivity (Wildman–Crippen MR) is 62.4 cm³/mol. The summed E-state index contributed by atoms with van der Waals surface area (Å²) in [6.07, 6.45) is 1.61. The van der Waals surface area contributed by atoms with E-state index in [0.29, 0.717) is 21.3 Å². The lowest BCUT2D eigenvalue weighted by molar-refractivity contribution is 0.403. The first-order valence-corrected chi connectivity index (χ1v) is 5.84. The SMILES string of the molecule is COc1cc(-c2ncc(Br)c(Cl)n2)sn1. The first-order valence-electron chi connectivity index (χ1n) is 3.90. The third kappa shape index (κ3) is 2.27. The maximum Gasteiger partial charge on any atom is 0.225 e. The highest BCUT2D eigenvalue weighted by Crippen LogP contribution is 2.27. The quantitative estimate of drug-likeness (QED) is 0.800. The van der Waals surface area contributed by atoms with Crippen molar-refractivity contribution in [3.8, 4) is 16.6 Å². The van der Waals surface area contributed by atoms with Crippen LogP contribution in [0.15, 0.2) is 16.7 Å². The number of nitrogens with zero attached hydrogens (tertiary/aromatic N) is 3. The van der Waals surface area contributed by atoms with Crippen LogP contribution in [0.4, 0.5) is 0 Å². The van der Waals surface area contributed by atoms with Gasteiger partial charge in [-0.15, -0.1) is 0 Å². The van der Waals surface area contributed by atoms with E-state index in [2.05, 4.69) is 30.3 Å². The molecule has 0 aliphatic rings. The normalized spacial score (nSPS) is 10.3. The molecule has 2 aromatic heterocycles. The molecule has 0 saturated carbocycles. The Kier molecular flexibility index (Phi) is 3.18. The average Bonchev–Trinajstić information content (AvgIpc) is 2.70. The molecule has 4 nitrogen and oxygen atoms in total. The summed E-state index contributed by atoms with van der Waals surface area (Å²) in [5, 5.41) is 0.382. The Balaban J connectivity index is 2.40. The molecular formula is C8H5BrClN3OS. The largest absolute Gasteiger partial charge is 0.480 e. The van der Waals surface area contributed by atoms with Crippen LogP contribution in [-0.2, 0) is 0 Å². The van der Waals surface area contributed by atoms with Gasteiger partial charge in [-0.3, -0.25) is 0 Å². The second-order valence-electron chi connectivity index (χ2n) is 2.57. The second-order valence-corrected chi connectivity index (χ2v) is 4.58. The fourth-order valence-electron chi connectivity index (χ4n) is 0.926. The number of halogens is 2. The molecule has 0 spiro atoms. The Morgan fingerprint density at radius 3 is 2.93 bits per heavy atom. The standard InChI is InChI=1S/C8H5BrClN3OS/c1-14-6-2-5(15-13-6)8-11-3-4(9)7(10)12-8/h2-3H,1H3. The van der Waals surface area contributed by atoms with Gasteiger partial charge in [-0.25, -0.2) is 9.97 Å². The number of aromatic nitrogens is 3. The van der Waals surface area contributed by atoms with E-state index in [1.807, 2.05) is 0 Å². The lowest BCUT2D eigenvalue weighted by Crippen LogP contribution is -1.87. The Labute approximate surface area is 104 Å². The highest BCUT2D eigenvalue weighted by atomic mass is 79.9. The van der Waals surface area contributed by atoms with Gasteiger partial charge in [0.2, 0.25) is 5.88 Å². The van der Waals surface area contributed by atoms with Crippen LogP contribution in [0.5, 0.6) is 5.88 Å². The second kappa shape index (κ2) is 4.42. The van der Waals surface area contributed by atoms with E-state index >= 15 is 0 Å². The van der Waals surface area contributed by atoms with Crippen molar-refractivity contribution in [1.29, 1.82) is 0 Å². The summed E-state index contributed by atoms with van der Waals surface area (Å²) >= 11 is 10.4. The Morgan fingerprint density at radius 2 is 2.33 bits per heavy atom. The molecule has 15 heavy (non-hydrogen) atoms. The molecule has 0 bridgehead atoms. The van der Waals surface area contributed by atoms with Gasteiger partial charge in [-0.2, -0.15) is 4.37 Å². The zero-order valence-corrected chi connectivity index (χ0v) is 10.7. The van der Waals surface area contributed by atoms with Crippen molar-refractivity contribution in [2.75, 3.05) is 7.11 Å². The van der Waals surface area contributed by atoms with Gasteiger partial charge in [-0.1, -0.05) is 11.6 Å². The van der Waals surface area contributed by atoms with Crippen LogP contribution in [0.3, 0.4) is 0 Å². The molecule has 0 amide bonds. The van der Waals surface area contributed by atoms with E-state index in [0.717, 1.165) is 4.88 Å². The first-order chi connectivity index (χ1) is 7.20. The van der Waals surface area contributed by atoms with Gasteiger partial charge in [0, 0.05) is 12.3 Å². The van der Waals surface area contributed by atoms with Crippen LogP contribution < -0.4 is 4.74 Å². The molecule has 0 N–H and O–H groups in total. The maximum absolute atomic E-state index is 5.86. The van der Waals surface area contributed by atoms with Crippen LogP contribution in [0, 0.1) is 0 Å². The summed E-state index contributed by atoms with van der Waals surface area (Å²) in [6, 6.07) is 1.77. The zero-order valence-electron chi connectivity index (χ0n) is 7.57. The van der Waals surface area contributed by atoms with E-state index in [4.69, 9.17) is 16.3 Å². The molecule has 0 unspecified atom stereocenters. The molecule has 78 valence electrons. The number of rotatable bonds is 2. The summed E-state index contributed by atoms with van der Waals surface area (Å²) in [6.45, 7) is 0. The predicted octanol–water partition coefficient (Wildman–Crippen LogP) is 3.02. The van der Waals surface area contributed by atoms with E-state index in [9.17, 15) is 0 Å². The van der Waals surface area contributed by atoms with Crippen molar-refractivity contribution in [3.63, 3.8) is 0 Å².